The van der Waals surface area contributed by atoms with Crippen LogP contribution in [0.1, 0.15) is 32.0 Å². The number of aromatic nitrogens is 1. The zero-order valence-corrected chi connectivity index (χ0v) is 15.9. The summed E-state index contributed by atoms with van der Waals surface area (Å²) < 4.78 is 5.51. The molecular weight excluding hydrogens is 412 g/mol. The predicted molar refractivity (Wildman–Crippen MR) is 105 cm³/mol. The third-order valence-electron chi connectivity index (χ3n) is 3.56. The number of rotatable bonds is 5. The second-order valence-corrected chi connectivity index (χ2v) is 6.55. The average Bonchev–Trinajstić information content (AvgIpc) is 3.18. The molecule has 2 amide bonds. The Balaban J connectivity index is 1.75. The van der Waals surface area contributed by atoms with Crippen LogP contribution in [0.3, 0.4) is 0 Å². The number of nitrogens with one attached hydrogen (secondary N) is 2. The summed E-state index contributed by atoms with van der Waals surface area (Å²) in [5.41, 5.74) is 4.99. The van der Waals surface area contributed by atoms with Crippen LogP contribution >= 0.6 is 15.9 Å². The summed E-state index contributed by atoms with van der Waals surface area (Å²) in [6, 6.07) is 14.0. The van der Waals surface area contributed by atoms with Gasteiger partial charge in [-0.2, -0.15) is 5.10 Å². The third kappa shape index (κ3) is 4.89. The quantitative estimate of drug-likeness (QED) is 0.479. The summed E-state index contributed by atoms with van der Waals surface area (Å²) in [5.74, 6) is -0.929. The van der Waals surface area contributed by atoms with Crippen LogP contribution in [0.25, 0.3) is 0 Å². The van der Waals surface area contributed by atoms with Crippen LogP contribution in [-0.2, 0) is 0 Å². The number of halogens is 1. The van der Waals surface area contributed by atoms with Gasteiger partial charge in [-0.25, -0.2) is 5.43 Å². The van der Waals surface area contributed by atoms with Crippen LogP contribution in [0.4, 0.5) is 5.69 Å². The highest BCUT2D eigenvalue weighted by molar-refractivity contribution is 9.10. The van der Waals surface area contributed by atoms with E-state index in [9.17, 15) is 9.59 Å². The molecular formula is C19H15BrN4O3. The second-order valence-electron chi connectivity index (χ2n) is 5.63. The first-order valence-corrected chi connectivity index (χ1v) is 8.74. The van der Waals surface area contributed by atoms with Crippen molar-refractivity contribution in [2.24, 2.45) is 5.10 Å². The van der Waals surface area contributed by atoms with E-state index < -0.39 is 11.8 Å². The van der Waals surface area contributed by atoms with Gasteiger partial charge in [0.05, 0.1) is 23.7 Å². The maximum atomic E-state index is 12.5. The van der Waals surface area contributed by atoms with Crippen molar-refractivity contribution in [3.63, 3.8) is 0 Å². The summed E-state index contributed by atoms with van der Waals surface area (Å²) in [7, 11) is 0. The van der Waals surface area contributed by atoms with Crippen LogP contribution in [0.2, 0.25) is 0 Å². The minimum atomic E-state index is -0.507. The first-order chi connectivity index (χ1) is 13.0. The van der Waals surface area contributed by atoms with Crippen LogP contribution in [0, 0.1) is 6.92 Å². The molecule has 0 spiro atoms. The van der Waals surface area contributed by atoms with Crippen molar-refractivity contribution in [3.05, 3.63) is 81.7 Å². The van der Waals surface area contributed by atoms with E-state index >= 15 is 0 Å². The lowest BCUT2D eigenvalue weighted by Gasteiger charge is -2.09. The molecule has 0 aliphatic rings. The van der Waals surface area contributed by atoms with Gasteiger partial charge in [0.25, 0.3) is 11.8 Å². The zero-order chi connectivity index (χ0) is 19.2. The number of hydrazone groups is 1. The lowest BCUT2D eigenvalue weighted by atomic mass is 10.1. The zero-order valence-electron chi connectivity index (χ0n) is 14.3. The fourth-order valence-corrected chi connectivity index (χ4v) is 2.67. The Labute approximate surface area is 163 Å². The Hall–Kier alpha value is -3.26. The van der Waals surface area contributed by atoms with Crippen LogP contribution in [-0.4, -0.2) is 23.2 Å². The first kappa shape index (κ1) is 18.5. The van der Waals surface area contributed by atoms with Gasteiger partial charge in [0.2, 0.25) is 5.76 Å². The van der Waals surface area contributed by atoms with Crippen molar-refractivity contribution in [2.45, 2.75) is 6.92 Å². The van der Waals surface area contributed by atoms with Gasteiger partial charge in [-0.05, 0) is 30.7 Å². The monoisotopic (exact) mass is 426 g/mol. The average molecular weight is 427 g/mol. The van der Waals surface area contributed by atoms with E-state index in [1.807, 2.05) is 31.2 Å². The van der Waals surface area contributed by atoms with Crippen molar-refractivity contribution in [3.8, 4) is 0 Å². The number of aryl methyl sites for hydroxylation is 1. The van der Waals surface area contributed by atoms with E-state index in [-0.39, 0.29) is 11.3 Å². The molecule has 2 aromatic carbocycles. The van der Waals surface area contributed by atoms with Gasteiger partial charge >= 0.3 is 0 Å². The Morgan fingerprint density at radius 1 is 1.15 bits per heavy atom. The molecule has 7 nitrogen and oxygen atoms in total. The lowest BCUT2D eigenvalue weighted by molar-refractivity contribution is 0.0956. The molecule has 1 aromatic heterocycles. The Bertz CT molecular complexity index is 1000. The summed E-state index contributed by atoms with van der Waals surface area (Å²) in [6.45, 7) is 1.97. The highest BCUT2D eigenvalue weighted by atomic mass is 79.9. The van der Waals surface area contributed by atoms with Crippen LogP contribution < -0.4 is 10.7 Å². The van der Waals surface area contributed by atoms with Gasteiger partial charge in [0.1, 0.15) is 0 Å². The maximum Gasteiger partial charge on any atom is 0.294 e. The minimum Gasteiger partial charge on any atom is -0.351 e. The predicted octanol–water partition coefficient (Wildman–Crippen LogP) is 3.76. The topological polar surface area (TPSA) is 96.6 Å². The molecule has 3 rings (SSSR count). The fourth-order valence-electron chi connectivity index (χ4n) is 2.31. The molecule has 0 aliphatic heterocycles. The smallest absolute Gasteiger partial charge is 0.294 e. The van der Waals surface area contributed by atoms with Crippen LogP contribution in [0.5, 0.6) is 0 Å². The highest BCUT2D eigenvalue weighted by Crippen LogP contribution is 2.22. The SMILES string of the molecule is Cc1cccc(C=NNC(=O)c2cc(Br)ccc2NC(=O)c2ccno2)c1. The molecule has 0 saturated heterocycles. The highest BCUT2D eigenvalue weighted by Gasteiger charge is 2.16. The molecule has 0 fully saturated rings. The molecule has 0 radical (unpaired) electrons. The molecule has 136 valence electrons. The van der Waals surface area contributed by atoms with E-state index in [0.29, 0.717) is 10.2 Å². The molecule has 8 heteroatoms. The Morgan fingerprint density at radius 2 is 2.00 bits per heavy atom. The molecule has 27 heavy (non-hydrogen) atoms. The van der Waals surface area contributed by atoms with Crippen molar-refractivity contribution < 1.29 is 14.1 Å². The number of hydrogen-bond acceptors (Lipinski definition) is 5. The van der Waals surface area contributed by atoms with E-state index in [4.69, 9.17) is 4.52 Å². The summed E-state index contributed by atoms with van der Waals surface area (Å²) in [6.07, 6.45) is 2.92. The number of carbonyl (C=O) groups excluding carboxylic acids is 2. The molecule has 0 bridgehead atoms. The van der Waals surface area contributed by atoms with Gasteiger partial charge < -0.3 is 9.84 Å². The largest absolute Gasteiger partial charge is 0.351 e. The third-order valence-corrected chi connectivity index (χ3v) is 4.05. The number of anilines is 1. The Kier molecular flexibility index (Phi) is 5.77. The molecule has 0 aliphatic carbocycles. The number of benzene rings is 2. The van der Waals surface area contributed by atoms with Crippen molar-refractivity contribution >= 4 is 39.6 Å². The molecule has 0 atom stereocenters. The second kappa shape index (κ2) is 8.41. The van der Waals surface area contributed by atoms with Gasteiger partial charge in [-0.3, -0.25) is 9.59 Å². The normalized spacial score (nSPS) is 10.7. The van der Waals surface area contributed by atoms with Gasteiger partial charge in [0, 0.05) is 10.5 Å². The molecule has 1 heterocycles. The number of carbonyl (C=O) groups is 2. The fraction of sp³-hybridized carbons (Fsp3) is 0.0526. The summed E-state index contributed by atoms with van der Waals surface area (Å²) in [5, 5.41) is 10.1. The van der Waals surface area contributed by atoms with E-state index in [2.05, 4.69) is 36.9 Å². The van der Waals surface area contributed by atoms with E-state index in [0.717, 1.165) is 11.1 Å². The van der Waals surface area contributed by atoms with Crippen LogP contribution in [0.15, 0.2) is 68.8 Å². The number of nitrogens with zero attached hydrogens (tertiary/aromatic N) is 2. The van der Waals surface area contributed by atoms with E-state index in [1.165, 1.54) is 12.3 Å². The minimum absolute atomic E-state index is 0.0433. The first-order valence-electron chi connectivity index (χ1n) is 7.94. The number of amides is 2. The molecule has 3 aromatic rings. The van der Waals surface area contributed by atoms with Gasteiger partial charge in [-0.1, -0.05) is 50.9 Å². The van der Waals surface area contributed by atoms with Crippen molar-refractivity contribution in [1.29, 1.82) is 0 Å². The molecule has 0 saturated carbocycles. The lowest BCUT2D eigenvalue weighted by Crippen LogP contribution is -2.21. The summed E-state index contributed by atoms with van der Waals surface area (Å²) >= 11 is 3.32. The molecule has 2 N–H and O–H groups in total. The van der Waals surface area contributed by atoms with Gasteiger partial charge in [0.15, 0.2) is 0 Å². The number of hydrogen-bond donors (Lipinski definition) is 2. The van der Waals surface area contributed by atoms with Crippen molar-refractivity contribution in [2.75, 3.05) is 5.32 Å². The van der Waals surface area contributed by atoms with Gasteiger partial charge in [-0.15, -0.1) is 0 Å². The standard InChI is InChI=1S/C19H15BrN4O3/c1-12-3-2-4-13(9-12)11-21-24-18(25)15-10-14(20)5-6-16(15)23-19(26)17-7-8-22-27-17/h2-11H,1H3,(H,23,26)(H,24,25). The molecule has 0 unspecified atom stereocenters. The van der Waals surface area contributed by atoms with Crippen molar-refractivity contribution in [1.82, 2.24) is 10.6 Å². The van der Waals surface area contributed by atoms with E-state index in [1.54, 1.807) is 24.4 Å². The summed E-state index contributed by atoms with van der Waals surface area (Å²) in [4.78, 5) is 24.7. The Morgan fingerprint density at radius 3 is 2.74 bits per heavy atom. The maximum absolute atomic E-state index is 12.5.